The summed E-state index contributed by atoms with van der Waals surface area (Å²) in [6, 6.07) is 15.5. The Morgan fingerprint density at radius 1 is 1.10 bits per heavy atom. The topological polar surface area (TPSA) is 119 Å². The van der Waals surface area contributed by atoms with Crippen LogP contribution in [0.1, 0.15) is 11.3 Å². The van der Waals surface area contributed by atoms with Crippen LogP contribution < -0.4 is 16.0 Å². The number of nitrogens with one attached hydrogen (secondary N) is 1. The molecule has 1 saturated heterocycles. The maximum Gasteiger partial charge on any atom is 0.415 e. The number of benzene rings is 1. The highest BCUT2D eigenvalue weighted by Gasteiger charge is 2.25. The van der Waals surface area contributed by atoms with E-state index >= 15 is 0 Å². The van der Waals surface area contributed by atoms with Gasteiger partial charge in [0.15, 0.2) is 5.13 Å². The molecule has 1 fully saturated rings. The first-order chi connectivity index (χ1) is 14.6. The number of cyclic esters (lactones) is 1. The van der Waals surface area contributed by atoms with E-state index in [1.807, 2.05) is 42.5 Å². The monoisotopic (exact) mass is 419 g/mol. The van der Waals surface area contributed by atoms with E-state index in [9.17, 15) is 4.79 Å². The molecule has 1 amide bonds. The molecule has 1 aromatic carbocycles. The van der Waals surface area contributed by atoms with E-state index in [1.165, 1.54) is 16.2 Å². The number of aromatic nitrogens is 4. The van der Waals surface area contributed by atoms with Crippen LogP contribution in [0.15, 0.2) is 48.5 Å². The average Bonchev–Trinajstić information content (AvgIpc) is 3.33. The number of thiazole rings is 1. The van der Waals surface area contributed by atoms with Crippen LogP contribution in [0.25, 0.3) is 10.3 Å². The molecule has 0 bridgehead atoms. The first-order valence-corrected chi connectivity index (χ1v) is 10.1. The van der Waals surface area contributed by atoms with Gasteiger partial charge in [-0.3, -0.25) is 4.90 Å². The third-order valence-corrected chi connectivity index (χ3v) is 5.42. The van der Waals surface area contributed by atoms with Crippen LogP contribution in [0.3, 0.4) is 0 Å². The van der Waals surface area contributed by atoms with E-state index in [2.05, 4.69) is 25.3 Å². The third kappa shape index (κ3) is 3.72. The van der Waals surface area contributed by atoms with E-state index in [1.54, 1.807) is 6.07 Å². The Morgan fingerprint density at radius 3 is 2.77 bits per heavy atom. The SMILES string of the molecule is Nc1nc(Cc2ccccc2)cc(Nc2nc3ccc(N4CCOC4=O)nc3s2)n1. The van der Waals surface area contributed by atoms with Gasteiger partial charge < -0.3 is 15.8 Å². The number of rotatable bonds is 5. The van der Waals surface area contributed by atoms with Crippen LogP contribution in [0.2, 0.25) is 0 Å². The van der Waals surface area contributed by atoms with Crippen molar-refractivity contribution in [3.63, 3.8) is 0 Å². The number of nitrogens with zero attached hydrogens (tertiary/aromatic N) is 5. The molecule has 0 aliphatic carbocycles. The van der Waals surface area contributed by atoms with E-state index < -0.39 is 0 Å². The van der Waals surface area contributed by atoms with Gasteiger partial charge in [-0.1, -0.05) is 41.7 Å². The summed E-state index contributed by atoms with van der Waals surface area (Å²) in [5.41, 5.74) is 8.58. The van der Waals surface area contributed by atoms with Gasteiger partial charge in [0.2, 0.25) is 5.95 Å². The highest BCUT2D eigenvalue weighted by molar-refractivity contribution is 7.21. The Bertz CT molecular complexity index is 1230. The van der Waals surface area contributed by atoms with E-state index in [0.29, 0.717) is 41.2 Å². The van der Waals surface area contributed by atoms with Gasteiger partial charge in [0, 0.05) is 12.5 Å². The van der Waals surface area contributed by atoms with Crippen molar-refractivity contribution in [3.8, 4) is 0 Å². The lowest BCUT2D eigenvalue weighted by atomic mass is 10.1. The lowest BCUT2D eigenvalue weighted by Gasteiger charge is -2.10. The zero-order valence-electron chi connectivity index (χ0n) is 15.8. The summed E-state index contributed by atoms with van der Waals surface area (Å²) < 4.78 is 4.98. The lowest BCUT2D eigenvalue weighted by molar-refractivity contribution is 0.181. The minimum atomic E-state index is -0.382. The fourth-order valence-electron chi connectivity index (χ4n) is 3.20. The molecule has 1 aliphatic rings. The molecule has 9 nitrogen and oxygen atoms in total. The number of anilines is 4. The molecular formula is C20H17N7O2S. The summed E-state index contributed by atoms with van der Waals surface area (Å²) in [6.45, 7) is 0.861. The number of amides is 1. The molecular weight excluding hydrogens is 402 g/mol. The second kappa shape index (κ2) is 7.56. The third-order valence-electron chi connectivity index (χ3n) is 4.54. The van der Waals surface area contributed by atoms with E-state index in [4.69, 9.17) is 10.5 Å². The molecule has 0 spiro atoms. The maximum atomic E-state index is 11.8. The van der Waals surface area contributed by atoms with E-state index in [0.717, 1.165) is 16.8 Å². The van der Waals surface area contributed by atoms with Gasteiger partial charge in [-0.2, -0.15) is 4.98 Å². The second-order valence-corrected chi connectivity index (χ2v) is 7.65. The number of hydrogen-bond donors (Lipinski definition) is 2. The van der Waals surface area contributed by atoms with Crippen LogP contribution in [-0.2, 0) is 11.2 Å². The minimum Gasteiger partial charge on any atom is -0.447 e. The van der Waals surface area contributed by atoms with Crippen molar-refractivity contribution in [2.45, 2.75) is 6.42 Å². The quantitative estimate of drug-likeness (QED) is 0.505. The van der Waals surface area contributed by atoms with Crippen molar-refractivity contribution in [3.05, 3.63) is 59.8 Å². The number of hydrogen-bond acceptors (Lipinski definition) is 9. The maximum absolute atomic E-state index is 11.8. The summed E-state index contributed by atoms with van der Waals surface area (Å²) in [4.78, 5) is 31.7. The number of fused-ring (bicyclic) bond motifs is 1. The highest BCUT2D eigenvalue weighted by atomic mass is 32.1. The number of nitrogen functional groups attached to an aromatic ring is 1. The fraction of sp³-hybridized carbons (Fsp3) is 0.150. The predicted octanol–water partition coefficient (Wildman–Crippen LogP) is 3.35. The number of pyridine rings is 1. The molecule has 1 aliphatic heterocycles. The number of carbonyl (C=O) groups excluding carboxylic acids is 1. The average molecular weight is 419 g/mol. The summed E-state index contributed by atoms with van der Waals surface area (Å²) in [7, 11) is 0. The summed E-state index contributed by atoms with van der Waals surface area (Å²) in [5, 5.41) is 3.82. The molecule has 3 N–H and O–H groups in total. The zero-order valence-corrected chi connectivity index (χ0v) is 16.6. The molecule has 150 valence electrons. The number of ether oxygens (including phenoxy) is 1. The second-order valence-electron chi connectivity index (χ2n) is 6.67. The summed E-state index contributed by atoms with van der Waals surface area (Å²) in [6.07, 6.45) is 0.269. The van der Waals surface area contributed by atoms with Crippen LogP contribution in [0.5, 0.6) is 0 Å². The number of carbonyl (C=O) groups is 1. The Balaban J connectivity index is 1.39. The van der Waals surface area contributed by atoms with Gasteiger partial charge in [-0.25, -0.2) is 19.7 Å². The highest BCUT2D eigenvalue weighted by Crippen LogP contribution is 2.29. The van der Waals surface area contributed by atoms with Gasteiger partial charge in [0.05, 0.1) is 12.2 Å². The van der Waals surface area contributed by atoms with Gasteiger partial charge in [-0.05, 0) is 17.7 Å². The molecule has 30 heavy (non-hydrogen) atoms. The Kier molecular flexibility index (Phi) is 4.60. The predicted molar refractivity (Wildman–Crippen MR) is 115 cm³/mol. The van der Waals surface area contributed by atoms with Crippen molar-refractivity contribution in [1.82, 2.24) is 19.9 Å². The molecule has 0 radical (unpaired) electrons. The van der Waals surface area contributed by atoms with Gasteiger partial charge in [-0.15, -0.1) is 0 Å². The molecule has 10 heteroatoms. The summed E-state index contributed by atoms with van der Waals surface area (Å²) >= 11 is 1.37. The molecule has 5 rings (SSSR count). The number of nitrogens with two attached hydrogens (primary N) is 1. The minimum absolute atomic E-state index is 0.194. The smallest absolute Gasteiger partial charge is 0.415 e. The van der Waals surface area contributed by atoms with Crippen LogP contribution in [0.4, 0.5) is 27.5 Å². The van der Waals surface area contributed by atoms with Gasteiger partial charge in [0.1, 0.15) is 28.6 Å². The molecule has 3 aromatic heterocycles. The molecule has 0 unspecified atom stereocenters. The standard InChI is InChI=1S/C20H17N7O2S/c21-18-22-13(10-12-4-2-1-3-5-12)11-15(24-18)25-19-23-14-6-7-16(26-17(14)30-19)27-8-9-29-20(27)28/h1-7,11H,8-10H2,(H3,21,22,23,24,25). The van der Waals surface area contributed by atoms with Crippen molar-refractivity contribution >= 4 is 50.5 Å². The van der Waals surface area contributed by atoms with E-state index in [-0.39, 0.29) is 12.0 Å². The van der Waals surface area contributed by atoms with Crippen LogP contribution in [-0.4, -0.2) is 39.2 Å². The Morgan fingerprint density at radius 2 is 1.97 bits per heavy atom. The molecule has 4 heterocycles. The lowest BCUT2D eigenvalue weighted by Crippen LogP contribution is -2.24. The largest absolute Gasteiger partial charge is 0.447 e. The van der Waals surface area contributed by atoms with Gasteiger partial charge >= 0.3 is 6.09 Å². The van der Waals surface area contributed by atoms with Crippen molar-refractivity contribution in [2.75, 3.05) is 29.1 Å². The van der Waals surface area contributed by atoms with Crippen molar-refractivity contribution < 1.29 is 9.53 Å². The fourth-order valence-corrected chi connectivity index (χ4v) is 4.04. The summed E-state index contributed by atoms with van der Waals surface area (Å²) in [5.74, 6) is 1.31. The van der Waals surface area contributed by atoms with Crippen LogP contribution >= 0.6 is 11.3 Å². The molecule has 0 saturated carbocycles. The zero-order chi connectivity index (χ0) is 20.5. The first-order valence-electron chi connectivity index (χ1n) is 9.30. The first kappa shape index (κ1) is 18.3. The normalized spacial score (nSPS) is 13.6. The molecule has 4 aromatic rings. The van der Waals surface area contributed by atoms with Gasteiger partial charge in [0.25, 0.3) is 0 Å². The van der Waals surface area contributed by atoms with Crippen molar-refractivity contribution in [1.29, 1.82) is 0 Å². The van der Waals surface area contributed by atoms with Crippen molar-refractivity contribution in [2.24, 2.45) is 0 Å². The Hall–Kier alpha value is -3.79. The van der Waals surface area contributed by atoms with Crippen LogP contribution in [0, 0.1) is 0 Å². The molecule has 0 atom stereocenters. The Labute approximate surface area is 175 Å².